The van der Waals surface area contributed by atoms with Crippen LogP contribution in [0.5, 0.6) is 0 Å². The molecular weight excluding hydrogens is 617 g/mol. The van der Waals surface area contributed by atoms with Crippen LogP contribution in [0.3, 0.4) is 0 Å². The summed E-state index contributed by atoms with van der Waals surface area (Å²) in [5.74, 6) is -5.20. The Bertz CT molecular complexity index is 1930. The maximum absolute atomic E-state index is 14.9. The molecule has 4 aromatic rings. The second-order valence-corrected chi connectivity index (χ2v) is 10.6. The molecule has 0 aliphatic heterocycles. The van der Waals surface area contributed by atoms with Gasteiger partial charge in [0.1, 0.15) is 29.3 Å². The molecule has 0 fully saturated rings. The molecule has 0 radical (unpaired) electrons. The van der Waals surface area contributed by atoms with E-state index in [0.717, 1.165) is 11.7 Å². The van der Waals surface area contributed by atoms with E-state index in [1.807, 2.05) is 5.32 Å². The fraction of sp³-hybridized carbons (Fsp3) is 0.323. The molecule has 46 heavy (non-hydrogen) atoms. The number of esters is 1. The Balaban J connectivity index is 1.70. The van der Waals surface area contributed by atoms with Gasteiger partial charge in [-0.05, 0) is 37.1 Å². The van der Waals surface area contributed by atoms with Crippen LogP contribution < -0.4 is 21.9 Å². The van der Waals surface area contributed by atoms with Crippen LogP contribution in [0.2, 0.25) is 0 Å². The Morgan fingerprint density at radius 1 is 1.04 bits per heavy atom. The number of nitrogens with one attached hydrogen (secondary N) is 2. The van der Waals surface area contributed by atoms with Gasteiger partial charge in [0.15, 0.2) is 0 Å². The first kappa shape index (κ1) is 33.8. The maximum atomic E-state index is 14.9. The van der Waals surface area contributed by atoms with Gasteiger partial charge in [0.25, 0.3) is 11.5 Å². The van der Waals surface area contributed by atoms with Gasteiger partial charge in [-0.15, -0.1) is 0 Å². The summed E-state index contributed by atoms with van der Waals surface area (Å²) in [4.78, 5) is 55.8. The first-order chi connectivity index (χ1) is 21.6. The molecular formula is C31H30F5N5O5. The Morgan fingerprint density at radius 3 is 2.28 bits per heavy atom. The lowest BCUT2D eigenvalue weighted by atomic mass is 9.95. The van der Waals surface area contributed by atoms with Crippen LogP contribution in [-0.2, 0) is 30.0 Å². The Kier molecular flexibility index (Phi) is 9.63. The number of benzene rings is 2. The van der Waals surface area contributed by atoms with Gasteiger partial charge in [0.2, 0.25) is 0 Å². The SMILES string of the molecule is CC[C@@H](Nc1cc(F)c(C(=O)N[C@@H](Cc2ccc(-c3c(C)n(C)c(=O)n(C)c3=O)c3ncccc23)C(=O)OC)c(F)c1)C(F)(F)F. The fourth-order valence-corrected chi connectivity index (χ4v) is 5.14. The number of amides is 1. The summed E-state index contributed by atoms with van der Waals surface area (Å²) < 4.78 is 76.4. The van der Waals surface area contributed by atoms with Crippen LogP contribution in [0.4, 0.5) is 27.6 Å². The largest absolute Gasteiger partial charge is 0.467 e. The van der Waals surface area contributed by atoms with E-state index in [-0.39, 0.29) is 12.0 Å². The van der Waals surface area contributed by atoms with Gasteiger partial charge < -0.3 is 19.9 Å². The molecule has 0 spiro atoms. The minimum absolute atomic E-state index is 0.224. The van der Waals surface area contributed by atoms with Crippen molar-refractivity contribution in [3.05, 3.63) is 91.9 Å². The van der Waals surface area contributed by atoms with Crippen LogP contribution >= 0.6 is 0 Å². The highest BCUT2D eigenvalue weighted by Gasteiger charge is 2.38. The molecule has 2 aromatic carbocycles. The molecule has 2 N–H and O–H groups in total. The molecule has 0 aliphatic carbocycles. The molecule has 244 valence electrons. The van der Waals surface area contributed by atoms with E-state index in [2.05, 4.69) is 10.3 Å². The van der Waals surface area contributed by atoms with Crippen LogP contribution in [0, 0.1) is 18.6 Å². The minimum atomic E-state index is -4.68. The van der Waals surface area contributed by atoms with E-state index in [0.29, 0.717) is 39.9 Å². The number of hydrogen-bond acceptors (Lipinski definition) is 7. The normalized spacial score (nSPS) is 12.9. The second kappa shape index (κ2) is 13.1. The van der Waals surface area contributed by atoms with Crippen molar-refractivity contribution in [2.45, 2.75) is 44.9 Å². The number of halogens is 5. The molecule has 2 aromatic heterocycles. The quantitative estimate of drug-likeness (QED) is 0.207. The van der Waals surface area contributed by atoms with Gasteiger partial charge in [-0.3, -0.25) is 19.1 Å². The number of carbonyl (C=O) groups is 2. The third-order valence-electron chi connectivity index (χ3n) is 7.72. The van der Waals surface area contributed by atoms with Crippen molar-refractivity contribution in [1.29, 1.82) is 0 Å². The molecule has 0 bridgehead atoms. The lowest BCUT2D eigenvalue weighted by molar-refractivity contribution is -0.143. The maximum Gasteiger partial charge on any atom is 0.408 e. The van der Waals surface area contributed by atoms with Crippen LogP contribution in [0.25, 0.3) is 22.0 Å². The molecule has 2 atom stereocenters. The fourth-order valence-electron chi connectivity index (χ4n) is 5.14. The highest BCUT2D eigenvalue weighted by Crippen LogP contribution is 2.31. The van der Waals surface area contributed by atoms with E-state index in [1.165, 1.54) is 31.8 Å². The van der Waals surface area contributed by atoms with Crippen molar-refractivity contribution in [2.75, 3.05) is 12.4 Å². The standard InChI is InChI=1S/C31H30F5N5O5/c1-6-23(31(34,35)36)38-17-13-20(32)25(21(33)14-17)27(42)39-22(29(44)46-5)12-16-9-10-19(26-18(16)8-7-11-37-26)24-15(2)40(3)30(45)41(4)28(24)43/h7-11,13-14,22-23,38H,6,12H2,1-5H3,(H,39,42)/t22-,23+/m0/s1. The zero-order chi connectivity index (χ0) is 34.1. The predicted molar refractivity (Wildman–Crippen MR) is 159 cm³/mol. The third-order valence-corrected chi connectivity index (χ3v) is 7.72. The number of ether oxygens (including phenoxy) is 1. The van der Waals surface area contributed by atoms with E-state index in [4.69, 9.17) is 4.74 Å². The van der Waals surface area contributed by atoms with E-state index < -0.39 is 70.7 Å². The molecule has 1 amide bonds. The van der Waals surface area contributed by atoms with E-state index in [9.17, 15) is 41.1 Å². The Morgan fingerprint density at radius 2 is 1.70 bits per heavy atom. The van der Waals surface area contributed by atoms with Crippen molar-refractivity contribution in [1.82, 2.24) is 19.4 Å². The summed E-state index contributed by atoms with van der Waals surface area (Å²) in [5, 5.41) is 4.74. The number of hydrogen-bond donors (Lipinski definition) is 2. The molecule has 4 rings (SSSR count). The molecule has 15 heteroatoms. The van der Waals surface area contributed by atoms with Crippen LogP contribution in [0.15, 0.2) is 52.2 Å². The summed E-state index contributed by atoms with van der Waals surface area (Å²) in [6.07, 6.45) is -3.85. The van der Waals surface area contributed by atoms with Crippen molar-refractivity contribution in [3.8, 4) is 11.1 Å². The van der Waals surface area contributed by atoms with Crippen LogP contribution in [0.1, 0.15) is 35.0 Å². The topological polar surface area (TPSA) is 124 Å². The number of methoxy groups -OCH3 is 1. The summed E-state index contributed by atoms with van der Waals surface area (Å²) >= 11 is 0. The number of nitrogens with zero attached hydrogens (tertiary/aromatic N) is 3. The summed E-state index contributed by atoms with van der Waals surface area (Å²) in [7, 11) is 3.92. The Labute approximate surface area is 258 Å². The highest BCUT2D eigenvalue weighted by molar-refractivity contribution is 5.99. The lowest BCUT2D eigenvalue weighted by Gasteiger charge is -2.22. The molecule has 2 heterocycles. The number of pyridine rings is 1. The van der Waals surface area contributed by atoms with Crippen molar-refractivity contribution >= 4 is 28.5 Å². The van der Waals surface area contributed by atoms with E-state index >= 15 is 0 Å². The number of aromatic nitrogens is 3. The average molecular weight is 648 g/mol. The lowest BCUT2D eigenvalue weighted by Crippen LogP contribution is -2.43. The first-order valence-electron chi connectivity index (χ1n) is 13.9. The van der Waals surface area contributed by atoms with Crippen molar-refractivity contribution in [2.24, 2.45) is 14.1 Å². The van der Waals surface area contributed by atoms with Gasteiger partial charge in [-0.1, -0.05) is 25.1 Å². The molecule has 0 unspecified atom stereocenters. The smallest absolute Gasteiger partial charge is 0.408 e. The second-order valence-electron chi connectivity index (χ2n) is 10.6. The predicted octanol–water partition coefficient (Wildman–Crippen LogP) is 4.15. The number of fused-ring (bicyclic) bond motifs is 1. The monoisotopic (exact) mass is 647 g/mol. The number of rotatable bonds is 9. The summed E-state index contributed by atoms with van der Waals surface area (Å²) in [6.45, 7) is 2.86. The average Bonchev–Trinajstić information content (AvgIpc) is 3.00. The Hall–Kier alpha value is -5.08. The summed E-state index contributed by atoms with van der Waals surface area (Å²) in [6, 6.07) is 4.00. The van der Waals surface area contributed by atoms with Crippen molar-refractivity contribution in [3.63, 3.8) is 0 Å². The van der Waals surface area contributed by atoms with E-state index in [1.54, 1.807) is 31.2 Å². The molecule has 0 saturated carbocycles. The van der Waals surface area contributed by atoms with Crippen LogP contribution in [-0.4, -0.2) is 51.4 Å². The highest BCUT2D eigenvalue weighted by atomic mass is 19.4. The van der Waals surface area contributed by atoms with Gasteiger partial charge in [-0.25, -0.2) is 18.4 Å². The van der Waals surface area contributed by atoms with Gasteiger partial charge in [0, 0.05) is 49.0 Å². The van der Waals surface area contributed by atoms with Gasteiger partial charge in [0.05, 0.1) is 18.2 Å². The third kappa shape index (κ3) is 6.48. The first-order valence-corrected chi connectivity index (χ1v) is 13.9. The zero-order valence-electron chi connectivity index (χ0n) is 25.4. The summed E-state index contributed by atoms with van der Waals surface area (Å²) in [5.41, 5.74) is -0.886. The molecule has 0 aliphatic rings. The zero-order valence-corrected chi connectivity index (χ0v) is 25.4. The van der Waals surface area contributed by atoms with Gasteiger partial charge in [-0.2, -0.15) is 13.2 Å². The van der Waals surface area contributed by atoms with Gasteiger partial charge >= 0.3 is 17.8 Å². The number of carbonyl (C=O) groups excluding carboxylic acids is 2. The molecule has 0 saturated heterocycles. The molecule has 10 nitrogen and oxygen atoms in total. The van der Waals surface area contributed by atoms with Crippen molar-refractivity contribution < 1.29 is 36.3 Å². The number of alkyl halides is 3. The number of anilines is 1. The minimum Gasteiger partial charge on any atom is -0.467 e.